The van der Waals surface area contributed by atoms with Crippen molar-refractivity contribution in [1.29, 1.82) is 0 Å². The molecule has 0 aliphatic carbocycles. The summed E-state index contributed by atoms with van der Waals surface area (Å²) in [6.07, 6.45) is 2.95. The summed E-state index contributed by atoms with van der Waals surface area (Å²) in [7, 11) is -5.34. The van der Waals surface area contributed by atoms with E-state index >= 15 is 0 Å². The summed E-state index contributed by atoms with van der Waals surface area (Å²) in [5.41, 5.74) is 13.2. The van der Waals surface area contributed by atoms with Gasteiger partial charge >= 0.3 is 11.9 Å². The number of hydrogen-bond acceptors (Lipinski definition) is 12. The van der Waals surface area contributed by atoms with Gasteiger partial charge in [-0.05, 0) is 38.1 Å². The van der Waals surface area contributed by atoms with Crippen molar-refractivity contribution in [2.75, 3.05) is 24.7 Å². The zero-order valence-corrected chi connectivity index (χ0v) is 26.4. The normalized spacial score (nSPS) is 12.2. The van der Waals surface area contributed by atoms with Crippen LogP contribution in [0.4, 0.5) is 0 Å². The minimum atomic E-state index is -4.02. The van der Waals surface area contributed by atoms with Crippen molar-refractivity contribution < 1.29 is 45.0 Å². The van der Waals surface area contributed by atoms with Gasteiger partial charge in [0.15, 0.2) is 0 Å². The molecule has 2 atom stereocenters. The van der Waals surface area contributed by atoms with Crippen LogP contribution in [0.2, 0.25) is 0 Å². The molecule has 0 saturated heterocycles. The Bertz CT molecular complexity index is 1240. The Kier molecular flexibility index (Phi) is 18.9. The Labute approximate surface area is 254 Å². The van der Waals surface area contributed by atoms with Crippen molar-refractivity contribution in [2.24, 2.45) is 11.5 Å². The monoisotopic (exact) mass is 664 g/mol. The van der Waals surface area contributed by atoms with Gasteiger partial charge in [0.25, 0.3) is 20.2 Å². The van der Waals surface area contributed by atoms with Crippen LogP contribution in [-0.4, -0.2) is 74.7 Å². The van der Waals surface area contributed by atoms with Gasteiger partial charge < -0.3 is 20.9 Å². The fourth-order valence-electron chi connectivity index (χ4n) is 2.30. The Balaban J connectivity index is 0.000000645. The highest BCUT2D eigenvalue weighted by molar-refractivity contribution is 8.76. The molecule has 0 spiro atoms. The first-order valence-electron chi connectivity index (χ1n) is 11.9. The van der Waals surface area contributed by atoms with E-state index in [1.54, 1.807) is 24.3 Å². The minimum absolute atomic E-state index is 0.0666. The molecule has 0 aliphatic rings. The number of rotatable bonds is 13. The number of aryl methyl sites for hydroxylation is 2. The fraction of sp³-hybridized carbons (Fsp3) is 0.308. The molecular weight excluding hydrogens is 629 g/mol. The first-order chi connectivity index (χ1) is 19.5. The molecule has 234 valence electrons. The molecule has 16 heteroatoms. The molecule has 42 heavy (non-hydrogen) atoms. The first-order valence-corrected chi connectivity index (χ1v) is 17.3. The van der Waals surface area contributed by atoms with E-state index in [2.05, 4.69) is 13.2 Å². The van der Waals surface area contributed by atoms with E-state index in [-0.39, 0.29) is 23.0 Å². The van der Waals surface area contributed by atoms with E-state index in [1.165, 1.54) is 58.0 Å². The highest BCUT2D eigenvalue weighted by atomic mass is 33.1. The summed E-state index contributed by atoms with van der Waals surface area (Å²) in [6.45, 7) is 10.8. The van der Waals surface area contributed by atoms with Crippen LogP contribution < -0.4 is 11.5 Å². The number of esters is 2. The average molecular weight is 665 g/mol. The molecule has 6 N–H and O–H groups in total. The SMILES string of the molecule is C=CCOC(=O)[C@H](N)CSSC[C@@H](N)C(=O)OCC=C.Cc1ccc(S(=O)(=O)O)cc1.Cc1ccc(S(=O)(=O)O)cc1. The van der Waals surface area contributed by atoms with Crippen molar-refractivity contribution in [3.8, 4) is 0 Å². The standard InChI is InChI=1S/C12H20N2O4S2.2C7H8O3S/c1-3-5-17-11(15)9(13)7-19-20-8-10(14)12(16)18-6-4-2;2*1-6-2-4-7(5-3-6)11(8,9)10/h3-4,9-10H,1-2,5-8,13-14H2;2*2-5H,1H3,(H,8,9,10)/t9-,10-;;/m1../s1. The number of hydrogen-bond donors (Lipinski definition) is 4. The van der Waals surface area contributed by atoms with Crippen molar-refractivity contribution in [3.05, 3.63) is 85.0 Å². The molecule has 0 amide bonds. The smallest absolute Gasteiger partial charge is 0.324 e. The van der Waals surface area contributed by atoms with Crippen LogP contribution in [0.1, 0.15) is 11.1 Å². The molecule has 0 radical (unpaired) electrons. The van der Waals surface area contributed by atoms with Gasteiger partial charge in [-0.1, -0.05) is 82.3 Å². The molecule has 0 aromatic heterocycles. The molecule has 0 unspecified atom stereocenters. The van der Waals surface area contributed by atoms with Gasteiger partial charge in [0.05, 0.1) is 9.79 Å². The van der Waals surface area contributed by atoms with Crippen molar-refractivity contribution >= 4 is 53.8 Å². The lowest BCUT2D eigenvalue weighted by Crippen LogP contribution is -2.35. The Morgan fingerprint density at radius 2 is 1.02 bits per heavy atom. The molecule has 2 aromatic carbocycles. The van der Waals surface area contributed by atoms with E-state index in [9.17, 15) is 26.4 Å². The van der Waals surface area contributed by atoms with E-state index < -0.39 is 44.3 Å². The summed E-state index contributed by atoms with van der Waals surface area (Å²) in [6, 6.07) is 10.6. The van der Waals surface area contributed by atoms with E-state index in [1.807, 2.05) is 13.8 Å². The molecule has 0 heterocycles. The molecule has 0 bridgehead atoms. The third kappa shape index (κ3) is 18.0. The minimum Gasteiger partial charge on any atom is -0.460 e. The van der Waals surface area contributed by atoms with Crippen LogP contribution in [0.25, 0.3) is 0 Å². The van der Waals surface area contributed by atoms with Crippen LogP contribution in [0.15, 0.2) is 83.6 Å². The summed E-state index contributed by atoms with van der Waals surface area (Å²) in [4.78, 5) is 22.5. The van der Waals surface area contributed by atoms with Crippen molar-refractivity contribution in [2.45, 2.75) is 35.7 Å². The number of nitrogens with two attached hydrogens (primary N) is 2. The highest BCUT2D eigenvalue weighted by Crippen LogP contribution is 2.22. The van der Waals surface area contributed by atoms with Crippen molar-refractivity contribution in [3.63, 3.8) is 0 Å². The second kappa shape index (κ2) is 20.2. The fourth-order valence-corrected chi connectivity index (χ4v) is 5.47. The van der Waals surface area contributed by atoms with Crippen LogP contribution in [0.3, 0.4) is 0 Å². The number of carbonyl (C=O) groups is 2. The van der Waals surface area contributed by atoms with Gasteiger partial charge in [-0.2, -0.15) is 16.8 Å². The molecule has 0 aliphatic heterocycles. The van der Waals surface area contributed by atoms with E-state index in [0.29, 0.717) is 11.5 Å². The predicted molar refractivity (Wildman–Crippen MR) is 165 cm³/mol. The second-order valence-corrected chi connectivity index (χ2v) is 13.6. The largest absolute Gasteiger partial charge is 0.460 e. The van der Waals surface area contributed by atoms with E-state index in [0.717, 1.165) is 11.1 Å². The molecule has 0 saturated carbocycles. The van der Waals surface area contributed by atoms with Gasteiger partial charge in [-0.15, -0.1) is 0 Å². The lowest BCUT2D eigenvalue weighted by Gasteiger charge is -2.11. The Morgan fingerprint density at radius 1 is 0.738 bits per heavy atom. The third-order valence-electron chi connectivity index (χ3n) is 4.51. The lowest BCUT2D eigenvalue weighted by molar-refractivity contribution is -0.144. The Morgan fingerprint density at radius 3 is 1.26 bits per heavy atom. The van der Waals surface area contributed by atoms with Crippen LogP contribution in [0, 0.1) is 13.8 Å². The first kappa shape index (κ1) is 39.3. The maximum atomic E-state index is 11.3. The average Bonchev–Trinajstić information content (AvgIpc) is 2.92. The number of carbonyl (C=O) groups excluding carboxylic acids is 2. The van der Waals surface area contributed by atoms with Crippen LogP contribution in [-0.2, 0) is 39.3 Å². The van der Waals surface area contributed by atoms with Gasteiger partial charge in [-0.3, -0.25) is 18.7 Å². The lowest BCUT2D eigenvalue weighted by atomic mass is 10.2. The summed E-state index contributed by atoms with van der Waals surface area (Å²) in [5.74, 6) is -0.218. The van der Waals surface area contributed by atoms with Gasteiger partial charge in [0.2, 0.25) is 0 Å². The summed E-state index contributed by atoms with van der Waals surface area (Å²) < 4.78 is 68.7. The molecule has 12 nitrogen and oxygen atoms in total. The summed E-state index contributed by atoms with van der Waals surface area (Å²) in [5, 5.41) is 0. The number of ether oxygens (including phenoxy) is 2. The van der Waals surface area contributed by atoms with E-state index in [4.69, 9.17) is 30.0 Å². The van der Waals surface area contributed by atoms with Gasteiger partial charge in [0, 0.05) is 11.5 Å². The molecule has 0 fully saturated rings. The zero-order chi connectivity index (χ0) is 32.3. The van der Waals surface area contributed by atoms with Crippen LogP contribution in [0.5, 0.6) is 0 Å². The quantitative estimate of drug-likeness (QED) is 0.0797. The third-order valence-corrected chi connectivity index (χ3v) is 8.72. The molecule has 2 aromatic rings. The topological polar surface area (TPSA) is 213 Å². The van der Waals surface area contributed by atoms with Gasteiger partial charge in [-0.25, -0.2) is 0 Å². The van der Waals surface area contributed by atoms with Gasteiger partial charge in [0.1, 0.15) is 25.3 Å². The second-order valence-electron chi connectivity index (χ2n) is 8.20. The Hall–Kier alpha value is -2.70. The molecular formula is C26H36N2O10S4. The zero-order valence-electron chi connectivity index (χ0n) is 23.1. The number of benzene rings is 2. The highest BCUT2D eigenvalue weighted by Gasteiger charge is 2.17. The maximum absolute atomic E-state index is 11.3. The molecule has 2 rings (SSSR count). The maximum Gasteiger partial charge on any atom is 0.324 e. The summed E-state index contributed by atoms with van der Waals surface area (Å²) >= 11 is 0. The van der Waals surface area contributed by atoms with Crippen molar-refractivity contribution in [1.82, 2.24) is 0 Å². The predicted octanol–water partition coefficient (Wildman–Crippen LogP) is 2.96. The van der Waals surface area contributed by atoms with Crippen LogP contribution >= 0.6 is 21.6 Å².